The van der Waals surface area contributed by atoms with Crippen LogP contribution < -0.4 is 10.1 Å². The third kappa shape index (κ3) is 5.50. The topological polar surface area (TPSA) is 67.6 Å². The number of hydrogen-bond acceptors (Lipinski definition) is 5. The fourth-order valence-electron chi connectivity index (χ4n) is 4.10. The van der Waals surface area contributed by atoms with Crippen molar-refractivity contribution >= 4 is 17.5 Å². The van der Waals surface area contributed by atoms with E-state index < -0.39 is 0 Å². The Labute approximate surface area is 193 Å². The minimum Gasteiger partial charge on any atom is -0.497 e. The molecule has 1 aliphatic heterocycles. The Hall–Kier alpha value is -2.83. The van der Waals surface area contributed by atoms with Gasteiger partial charge in [0.1, 0.15) is 5.75 Å². The van der Waals surface area contributed by atoms with E-state index in [1.54, 1.807) is 13.2 Å². The Kier molecular flexibility index (Phi) is 7.45. The van der Waals surface area contributed by atoms with Gasteiger partial charge in [0.05, 0.1) is 13.2 Å². The van der Waals surface area contributed by atoms with Crippen LogP contribution in [0.3, 0.4) is 0 Å². The van der Waals surface area contributed by atoms with Gasteiger partial charge in [0, 0.05) is 23.2 Å². The summed E-state index contributed by atoms with van der Waals surface area (Å²) in [5.41, 5.74) is 2.25. The summed E-state index contributed by atoms with van der Waals surface area (Å²) in [5, 5.41) is 7.74. The summed E-state index contributed by atoms with van der Waals surface area (Å²) in [5.74, 6) is 1.05. The summed E-state index contributed by atoms with van der Waals surface area (Å²) in [7, 11) is 1.62. The Morgan fingerprint density at radius 2 is 1.78 bits per heavy atom. The first-order valence-electron chi connectivity index (χ1n) is 11.0. The lowest BCUT2D eigenvalue weighted by molar-refractivity contribution is 0.0924. The second-order valence-corrected chi connectivity index (χ2v) is 8.47. The minimum absolute atomic E-state index is 0.0854. The number of likely N-dealkylation sites (tertiary alicyclic amines) is 1. The van der Waals surface area contributed by atoms with E-state index in [9.17, 15) is 4.79 Å². The lowest BCUT2D eigenvalue weighted by Crippen LogP contribution is -2.38. The number of nitrogens with zero attached hydrogens (tertiary/aromatic N) is 2. The van der Waals surface area contributed by atoms with Gasteiger partial charge < -0.3 is 14.6 Å². The Morgan fingerprint density at radius 1 is 1.09 bits per heavy atom. The third-order valence-electron chi connectivity index (χ3n) is 5.91. The van der Waals surface area contributed by atoms with Crippen molar-refractivity contribution in [3.8, 4) is 17.1 Å². The molecule has 1 aliphatic rings. The lowest BCUT2D eigenvalue weighted by atomic mass is 10.0. The molecule has 7 heteroatoms. The van der Waals surface area contributed by atoms with Crippen LogP contribution in [0.2, 0.25) is 5.02 Å². The lowest BCUT2D eigenvalue weighted by Gasteiger charge is -2.31. The number of carbonyl (C=O) groups excluding carboxylic acids is 1. The van der Waals surface area contributed by atoms with Crippen molar-refractivity contribution in [2.45, 2.75) is 31.7 Å². The molecule has 168 valence electrons. The Morgan fingerprint density at radius 3 is 2.44 bits per heavy atom. The first-order chi connectivity index (χ1) is 15.6. The van der Waals surface area contributed by atoms with Crippen LogP contribution in [0.4, 0.5) is 0 Å². The van der Waals surface area contributed by atoms with Crippen molar-refractivity contribution in [1.82, 2.24) is 15.4 Å². The molecule has 2 aromatic carbocycles. The summed E-state index contributed by atoms with van der Waals surface area (Å²) < 4.78 is 10.6. The van der Waals surface area contributed by atoms with E-state index in [-0.39, 0.29) is 17.6 Å². The molecule has 1 fully saturated rings. The van der Waals surface area contributed by atoms with E-state index >= 15 is 0 Å². The molecule has 0 radical (unpaired) electrons. The van der Waals surface area contributed by atoms with Crippen molar-refractivity contribution in [1.29, 1.82) is 0 Å². The van der Waals surface area contributed by atoms with Crippen LogP contribution in [0.15, 0.2) is 59.1 Å². The molecule has 0 aliphatic carbocycles. The van der Waals surface area contributed by atoms with E-state index in [0.29, 0.717) is 17.3 Å². The zero-order valence-electron chi connectivity index (χ0n) is 18.2. The van der Waals surface area contributed by atoms with E-state index in [0.717, 1.165) is 30.0 Å². The predicted molar refractivity (Wildman–Crippen MR) is 125 cm³/mol. The molecule has 2 heterocycles. The molecule has 0 saturated carbocycles. The number of ether oxygens (including phenoxy) is 1. The van der Waals surface area contributed by atoms with Crippen LogP contribution in [-0.2, 0) is 0 Å². The van der Waals surface area contributed by atoms with Crippen molar-refractivity contribution in [3.05, 3.63) is 70.9 Å². The average Bonchev–Trinajstić information content (AvgIpc) is 3.17. The van der Waals surface area contributed by atoms with Gasteiger partial charge >= 0.3 is 0 Å². The van der Waals surface area contributed by atoms with Crippen molar-refractivity contribution in [2.75, 3.05) is 26.7 Å². The number of rotatable bonds is 7. The van der Waals surface area contributed by atoms with Crippen LogP contribution >= 0.6 is 11.6 Å². The largest absolute Gasteiger partial charge is 0.497 e. The molecule has 1 aromatic heterocycles. The first-order valence-corrected chi connectivity index (χ1v) is 11.4. The summed E-state index contributed by atoms with van der Waals surface area (Å²) in [6.45, 7) is 2.54. The van der Waals surface area contributed by atoms with Crippen molar-refractivity contribution < 1.29 is 14.1 Å². The molecule has 1 amide bonds. The third-order valence-corrected chi connectivity index (χ3v) is 6.16. The van der Waals surface area contributed by atoms with E-state index in [1.165, 1.54) is 25.7 Å². The maximum atomic E-state index is 12.8. The summed E-state index contributed by atoms with van der Waals surface area (Å²) >= 11 is 6.10. The van der Waals surface area contributed by atoms with Gasteiger partial charge in [-0.25, -0.2) is 0 Å². The van der Waals surface area contributed by atoms with E-state index in [2.05, 4.69) is 15.4 Å². The van der Waals surface area contributed by atoms with Gasteiger partial charge in [-0.2, -0.15) is 0 Å². The Balaban J connectivity index is 1.45. The minimum atomic E-state index is -0.248. The number of benzene rings is 2. The monoisotopic (exact) mass is 453 g/mol. The number of carbonyl (C=O) groups is 1. The van der Waals surface area contributed by atoms with Crippen LogP contribution in [0.25, 0.3) is 11.3 Å². The molecule has 32 heavy (non-hydrogen) atoms. The number of amides is 1. The molecule has 0 bridgehead atoms. The maximum Gasteiger partial charge on any atom is 0.273 e. The summed E-state index contributed by atoms with van der Waals surface area (Å²) in [6, 6.07) is 17.1. The quantitative estimate of drug-likeness (QED) is 0.522. The molecule has 4 rings (SSSR count). The Bertz CT molecular complexity index is 1010. The molecule has 1 atom stereocenters. The zero-order chi connectivity index (χ0) is 22.3. The standard InChI is InChI=1S/C25H28ClN3O3/c1-31-21-12-8-19(9-13-21)24-16-22(28-32-24)25(30)27-17-23(18-6-10-20(26)11-7-18)29-14-4-2-3-5-15-29/h6-13,16,23H,2-5,14-15,17H2,1H3,(H,27,30)/t23-/m1/s1. The van der Waals surface area contributed by atoms with E-state index in [4.69, 9.17) is 20.9 Å². The van der Waals surface area contributed by atoms with Crippen LogP contribution in [0.5, 0.6) is 5.75 Å². The molecule has 0 unspecified atom stereocenters. The second kappa shape index (κ2) is 10.7. The number of halogens is 1. The predicted octanol–water partition coefficient (Wildman–Crippen LogP) is 5.35. The van der Waals surface area contributed by atoms with Gasteiger partial charge in [-0.15, -0.1) is 0 Å². The van der Waals surface area contributed by atoms with Crippen LogP contribution in [-0.4, -0.2) is 42.7 Å². The number of nitrogens with one attached hydrogen (secondary N) is 1. The normalized spacial score (nSPS) is 15.7. The highest BCUT2D eigenvalue weighted by Crippen LogP contribution is 2.26. The molecule has 0 spiro atoms. The molecule has 1 saturated heterocycles. The number of aromatic nitrogens is 1. The van der Waals surface area contributed by atoms with Gasteiger partial charge in [-0.1, -0.05) is 41.7 Å². The van der Waals surface area contributed by atoms with Gasteiger partial charge in [0.15, 0.2) is 11.5 Å². The van der Waals surface area contributed by atoms with E-state index in [1.807, 2.05) is 48.5 Å². The first kappa shape index (κ1) is 22.4. The van der Waals surface area contributed by atoms with Gasteiger partial charge in [-0.3, -0.25) is 9.69 Å². The molecule has 6 nitrogen and oxygen atoms in total. The van der Waals surface area contributed by atoms with Crippen molar-refractivity contribution in [3.63, 3.8) is 0 Å². The highest BCUT2D eigenvalue weighted by atomic mass is 35.5. The summed E-state index contributed by atoms with van der Waals surface area (Å²) in [6.07, 6.45) is 4.85. The van der Waals surface area contributed by atoms with Crippen LogP contribution in [0, 0.1) is 0 Å². The summed E-state index contributed by atoms with van der Waals surface area (Å²) in [4.78, 5) is 15.3. The maximum absolute atomic E-state index is 12.8. The van der Waals surface area contributed by atoms with Gasteiger partial charge in [0.2, 0.25) is 0 Å². The van der Waals surface area contributed by atoms with Crippen LogP contribution in [0.1, 0.15) is 47.8 Å². The molecule has 1 N–H and O–H groups in total. The average molecular weight is 454 g/mol. The fraction of sp³-hybridized carbons (Fsp3) is 0.360. The zero-order valence-corrected chi connectivity index (χ0v) is 19.0. The molecule has 3 aromatic rings. The molecular formula is C25H28ClN3O3. The highest BCUT2D eigenvalue weighted by Gasteiger charge is 2.23. The van der Waals surface area contributed by atoms with Gasteiger partial charge in [-0.05, 0) is 67.9 Å². The van der Waals surface area contributed by atoms with Gasteiger partial charge in [0.25, 0.3) is 5.91 Å². The smallest absolute Gasteiger partial charge is 0.273 e. The fourth-order valence-corrected chi connectivity index (χ4v) is 4.23. The number of methoxy groups -OCH3 is 1. The SMILES string of the molecule is COc1ccc(-c2cc(C(=O)NC[C@H](c3ccc(Cl)cc3)N3CCCCCC3)no2)cc1. The second-order valence-electron chi connectivity index (χ2n) is 8.03. The number of hydrogen-bond donors (Lipinski definition) is 1. The molecular weight excluding hydrogens is 426 g/mol. The van der Waals surface area contributed by atoms with Crippen molar-refractivity contribution in [2.24, 2.45) is 0 Å². The highest BCUT2D eigenvalue weighted by molar-refractivity contribution is 6.30.